The molecule has 118 valence electrons. The van der Waals surface area contributed by atoms with Crippen LogP contribution in [0.1, 0.15) is 31.9 Å². The first-order valence-corrected chi connectivity index (χ1v) is 7.45. The number of amides is 2. The van der Waals surface area contributed by atoms with Crippen molar-refractivity contribution in [2.45, 2.75) is 6.42 Å². The Morgan fingerprint density at radius 1 is 0.917 bits per heavy atom. The Hall–Kier alpha value is -3.35. The van der Waals surface area contributed by atoms with Gasteiger partial charge in [-0.05, 0) is 24.3 Å². The summed E-state index contributed by atoms with van der Waals surface area (Å²) in [5.74, 6) is -1.06. The van der Waals surface area contributed by atoms with Gasteiger partial charge in [-0.1, -0.05) is 29.5 Å². The van der Waals surface area contributed by atoms with Gasteiger partial charge in [0.25, 0.3) is 17.7 Å². The highest BCUT2D eigenvalue weighted by atomic mass is 16.2. The van der Waals surface area contributed by atoms with E-state index in [0.717, 1.165) is 4.90 Å². The zero-order valence-corrected chi connectivity index (χ0v) is 12.5. The summed E-state index contributed by atoms with van der Waals surface area (Å²) in [6.45, 7) is 0.0133. The number of para-hydroxylation sites is 1. The molecule has 1 aromatic heterocycles. The largest absolute Gasteiger partial charge is 0.274 e. The van der Waals surface area contributed by atoms with Gasteiger partial charge < -0.3 is 0 Å². The van der Waals surface area contributed by atoms with Gasteiger partial charge in [0.05, 0.1) is 16.6 Å². The molecule has 7 nitrogen and oxygen atoms in total. The first-order chi connectivity index (χ1) is 11.7. The molecule has 0 aliphatic carbocycles. The third kappa shape index (κ3) is 2.10. The lowest BCUT2D eigenvalue weighted by atomic mass is 10.1. The smallest absolute Gasteiger partial charge is 0.261 e. The lowest BCUT2D eigenvalue weighted by Gasteiger charge is -2.12. The molecular formula is C17H12N4O3. The normalized spacial score (nSPS) is 13.6. The summed E-state index contributed by atoms with van der Waals surface area (Å²) in [7, 11) is 0. The van der Waals surface area contributed by atoms with Gasteiger partial charge in [0.2, 0.25) is 0 Å². The van der Waals surface area contributed by atoms with E-state index < -0.39 is 0 Å². The van der Waals surface area contributed by atoms with Crippen molar-refractivity contribution < 1.29 is 14.4 Å². The van der Waals surface area contributed by atoms with E-state index in [4.69, 9.17) is 0 Å². The Morgan fingerprint density at radius 2 is 1.54 bits per heavy atom. The zero-order valence-electron chi connectivity index (χ0n) is 12.5. The molecule has 2 aromatic carbocycles. The maximum Gasteiger partial charge on any atom is 0.261 e. The number of imide groups is 1. The van der Waals surface area contributed by atoms with Crippen LogP contribution in [-0.2, 0) is 0 Å². The van der Waals surface area contributed by atoms with E-state index in [9.17, 15) is 14.4 Å². The lowest BCUT2D eigenvalue weighted by molar-refractivity contribution is 0.0644. The van der Waals surface area contributed by atoms with E-state index in [-0.39, 0.29) is 30.7 Å². The highest BCUT2D eigenvalue weighted by Crippen LogP contribution is 2.22. The van der Waals surface area contributed by atoms with Crippen molar-refractivity contribution in [3.63, 3.8) is 0 Å². The van der Waals surface area contributed by atoms with E-state index >= 15 is 0 Å². The highest BCUT2D eigenvalue weighted by molar-refractivity contribution is 6.21. The number of benzene rings is 2. The van der Waals surface area contributed by atoms with Crippen LogP contribution in [0.25, 0.3) is 11.0 Å². The second-order valence-corrected chi connectivity index (χ2v) is 5.44. The Kier molecular flexibility index (Phi) is 3.19. The van der Waals surface area contributed by atoms with Crippen LogP contribution in [0.4, 0.5) is 0 Å². The van der Waals surface area contributed by atoms with Crippen molar-refractivity contribution >= 4 is 28.8 Å². The second kappa shape index (κ2) is 5.38. The van der Waals surface area contributed by atoms with Crippen molar-refractivity contribution in [3.8, 4) is 0 Å². The van der Waals surface area contributed by atoms with Gasteiger partial charge in [0.1, 0.15) is 5.52 Å². The predicted octanol–water partition coefficient (Wildman–Crippen LogP) is 1.76. The van der Waals surface area contributed by atoms with Crippen LogP contribution in [0.15, 0.2) is 48.5 Å². The zero-order chi connectivity index (χ0) is 16.7. The molecule has 2 amide bonds. The van der Waals surface area contributed by atoms with Crippen molar-refractivity contribution in [2.75, 3.05) is 6.54 Å². The van der Waals surface area contributed by atoms with Crippen molar-refractivity contribution in [3.05, 3.63) is 59.7 Å². The third-order valence-corrected chi connectivity index (χ3v) is 4.02. The second-order valence-electron chi connectivity index (χ2n) is 5.44. The summed E-state index contributed by atoms with van der Waals surface area (Å²) in [4.78, 5) is 38.0. The number of nitrogens with zero attached hydrogens (tertiary/aromatic N) is 4. The first-order valence-electron chi connectivity index (χ1n) is 7.45. The van der Waals surface area contributed by atoms with Crippen molar-refractivity contribution in [1.82, 2.24) is 19.9 Å². The van der Waals surface area contributed by atoms with Gasteiger partial charge in [0.15, 0.2) is 0 Å². The Bertz CT molecular complexity index is 957. The monoisotopic (exact) mass is 320 g/mol. The Labute approximate surface area is 136 Å². The maximum absolute atomic E-state index is 12.4. The van der Waals surface area contributed by atoms with Gasteiger partial charge in [-0.25, -0.2) is 0 Å². The number of carbonyl (C=O) groups excluding carboxylic acids is 3. The quantitative estimate of drug-likeness (QED) is 0.686. The average Bonchev–Trinajstić information content (AvgIpc) is 3.14. The minimum Gasteiger partial charge on any atom is -0.274 e. The van der Waals surface area contributed by atoms with Crippen molar-refractivity contribution in [1.29, 1.82) is 0 Å². The molecule has 3 aromatic rings. The summed E-state index contributed by atoms with van der Waals surface area (Å²) in [6, 6.07) is 13.8. The Balaban J connectivity index is 1.53. The van der Waals surface area contributed by atoms with Crippen LogP contribution in [0.2, 0.25) is 0 Å². The van der Waals surface area contributed by atoms with Crippen LogP contribution < -0.4 is 0 Å². The molecule has 1 aliphatic heterocycles. The summed E-state index contributed by atoms with van der Waals surface area (Å²) in [5.41, 5.74) is 1.97. The van der Waals surface area contributed by atoms with Gasteiger partial charge in [-0.2, -0.15) is 4.68 Å². The van der Waals surface area contributed by atoms with Crippen LogP contribution in [0, 0.1) is 0 Å². The molecule has 0 N–H and O–H groups in total. The van der Waals surface area contributed by atoms with Crippen LogP contribution in [-0.4, -0.2) is 44.2 Å². The first kappa shape index (κ1) is 14.3. The lowest BCUT2D eigenvalue weighted by Crippen LogP contribution is -2.32. The Morgan fingerprint density at radius 3 is 2.25 bits per heavy atom. The van der Waals surface area contributed by atoms with Gasteiger partial charge >= 0.3 is 0 Å². The number of carbonyl (C=O) groups is 3. The fourth-order valence-electron chi connectivity index (χ4n) is 2.81. The van der Waals surface area contributed by atoms with Gasteiger partial charge in [0, 0.05) is 13.0 Å². The van der Waals surface area contributed by atoms with Crippen LogP contribution in [0.3, 0.4) is 0 Å². The molecule has 0 radical (unpaired) electrons. The summed E-state index contributed by atoms with van der Waals surface area (Å²) < 4.78 is 1.20. The molecule has 1 aliphatic rings. The minimum absolute atomic E-state index is 0.0133. The number of fused-ring (bicyclic) bond motifs is 2. The standard InChI is InChI=1S/C17H12N4O3/c22-15(21-14-8-4-3-7-13(14)18-19-21)9-10-20-16(23)11-5-1-2-6-12(11)17(20)24/h1-8H,9-10H2. The van der Waals surface area contributed by atoms with Crippen LogP contribution >= 0.6 is 0 Å². The number of hydrogen-bond acceptors (Lipinski definition) is 5. The maximum atomic E-state index is 12.4. The SMILES string of the molecule is O=C1c2ccccc2C(=O)N1CCC(=O)n1nnc2ccccc21. The van der Waals surface area contributed by atoms with E-state index in [0.29, 0.717) is 22.2 Å². The van der Waals surface area contributed by atoms with Crippen LogP contribution in [0.5, 0.6) is 0 Å². The highest BCUT2D eigenvalue weighted by Gasteiger charge is 2.35. The topological polar surface area (TPSA) is 85.2 Å². The molecular weight excluding hydrogens is 308 g/mol. The van der Waals surface area contributed by atoms with Gasteiger partial charge in [-0.15, -0.1) is 5.10 Å². The van der Waals surface area contributed by atoms with E-state index in [1.165, 1.54) is 4.68 Å². The molecule has 0 fully saturated rings. The third-order valence-electron chi connectivity index (χ3n) is 4.02. The molecule has 4 rings (SSSR count). The van der Waals surface area contributed by atoms with Crippen molar-refractivity contribution in [2.24, 2.45) is 0 Å². The molecule has 2 heterocycles. The molecule has 24 heavy (non-hydrogen) atoms. The summed E-state index contributed by atoms with van der Waals surface area (Å²) in [6.07, 6.45) is -0.0151. The molecule has 0 saturated heterocycles. The van der Waals surface area contributed by atoms with E-state index in [1.54, 1.807) is 42.5 Å². The molecule has 0 saturated carbocycles. The molecule has 0 atom stereocenters. The molecule has 0 unspecified atom stereocenters. The molecule has 7 heteroatoms. The molecule has 0 bridgehead atoms. The van der Waals surface area contributed by atoms with E-state index in [1.807, 2.05) is 6.07 Å². The fraction of sp³-hybridized carbons (Fsp3) is 0.118. The summed E-state index contributed by atoms with van der Waals surface area (Å²) >= 11 is 0. The fourth-order valence-corrected chi connectivity index (χ4v) is 2.81. The predicted molar refractivity (Wildman–Crippen MR) is 84.6 cm³/mol. The summed E-state index contributed by atoms with van der Waals surface area (Å²) in [5, 5.41) is 7.77. The number of rotatable bonds is 3. The molecule has 0 spiro atoms. The minimum atomic E-state index is -0.369. The van der Waals surface area contributed by atoms with Gasteiger partial charge in [-0.3, -0.25) is 19.3 Å². The number of aromatic nitrogens is 3. The number of hydrogen-bond donors (Lipinski definition) is 0. The van der Waals surface area contributed by atoms with E-state index in [2.05, 4.69) is 10.3 Å². The average molecular weight is 320 g/mol.